The van der Waals surface area contributed by atoms with Crippen molar-refractivity contribution < 1.29 is 9.84 Å². The van der Waals surface area contributed by atoms with Gasteiger partial charge in [0.25, 0.3) is 0 Å². The van der Waals surface area contributed by atoms with Gasteiger partial charge in [0.1, 0.15) is 11.9 Å². The van der Waals surface area contributed by atoms with Gasteiger partial charge in [-0.2, -0.15) is 0 Å². The van der Waals surface area contributed by atoms with Crippen LogP contribution in [0.4, 0.5) is 0 Å². The highest BCUT2D eigenvalue weighted by molar-refractivity contribution is 6.30. The molecule has 2 atom stereocenters. The standard InChI is InChI=1S/C15H19ClN2O2.ClH/c1-15(2,3)13(19)14(18-9-8-17-10-18)20-12-6-4-11(16)5-7-12;/h4-10,13-14,19H,1-3H3;1H. The van der Waals surface area contributed by atoms with Gasteiger partial charge in [0.2, 0.25) is 6.23 Å². The first-order valence-electron chi connectivity index (χ1n) is 6.45. The molecule has 0 aliphatic rings. The Hall–Kier alpha value is -1.23. The highest BCUT2D eigenvalue weighted by atomic mass is 35.5. The predicted octanol–water partition coefficient (Wildman–Crippen LogP) is 3.94. The maximum atomic E-state index is 10.5. The zero-order chi connectivity index (χ0) is 14.8. The van der Waals surface area contributed by atoms with Crippen LogP contribution in [0.25, 0.3) is 0 Å². The molecule has 6 heteroatoms. The van der Waals surface area contributed by atoms with Gasteiger partial charge in [-0.1, -0.05) is 32.4 Å². The molecule has 1 heterocycles. The van der Waals surface area contributed by atoms with Crippen LogP contribution in [0.1, 0.15) is 27.0 Å². The van der Waals surface area contributed by atoms with Gasteiger partial charge in [-0.3, -0.25) is 4.57 Å². The third-order valence-electron chi connectivity index (χ3n) is 3.05. The number of benzene rings is 1. The number of imidazole rings is 1. The minimum absolute atomic E-state index is 0. The summed E-state index contributed by atoms with van der Waals surface area (Å²) in [5.74, 6) is 0.649. The van der Waals surface area contributed by atoms with Gasteiger partial charge < -0.3 is 9.84 Å². The molecule has 0 aliphatic carbocycles. The van der Waals surface area contributed by atoms with E-state index in [1.807, 2.05) is 20.8 Å². The Balaban J connectivity index is 0.00000220. The molecule has 0 fully saturated rings. The SMILES string of the molecule is CC(C)(C)C(O)C(Oc1ccc(Cl)cc1)n1ccnc1.Cl. The number of rotatable bonds is 4. The van der Waals surface area contributed by atoms with E-state index >= 15 is 0 Å². The lowest BCUT2D eigenvalue weighted by molar-refractivity contribution is -0.0674. The van der Waals surface area contributed by atoms with Gasteiger partial charge in [0.05, 0.1) is 6.33 Å². The van der Waals surface area contributed by atoms with Crippen molar-refractivity contribution in [3.05, 3.63) is 48.0 Å². The fourth-order valence-corrected chi connectivity index (χ4v) is 1.91. The summed E-state index contributed by atoms with van der Waals surface area (Å²) in [7, 11) is 0. The van der Waals surface area contributed by atoms with Crippen molar-refractivity contribution in [2.75, 3.05) is 0 Å². The normalized spacial score (nSPS) is 14.1. The van der Waals surface area contributed by atoms with Crippen molar-refractivity contribution in [2.24, 2.45) is 5.41 Å². The molecule has 0 bridgehead atoms. The fourth-order valence-electron chi connectivity index (χ4n) is 1.79. The van der Waals surface area contributed by atoms with Crippen molar-refractivity contribution in [1.82, 2.24) is 9.55 Å². The summed E-state index contributed by atoms with van der Waals surface area (Å²) in [5, 5.41) is 11.2. The van der Waals surface area contributed by atoms with Crippen LogP contribution in [-0.2, 0) is 0 Å². The van der Waals surface area contributed by atoms with Crippen LogP contribution < -0.4 is 4.74 Å². The molecule has 2 aromatic rings. The minimum Gasteiger partial charge on any atom is -0.467 e. The molecule has 0 spiro atoms. The van der Waals surface area contributed by atoms with Crippen LogP contribution in [-0.4, -0.2) is 20.8 Å². The van der Waals surface area contributed by atoms with E-state index < -0.39 is 12.3 Å². The van der Waals surface area contributed by atoms with E-state index in [4.69, 9.17) is 16.3 Å². The second-order valence-corrected chi connectivity index (χ2v) is 6.22. The minimum atomic E-state index is -0.688. The molecule has 1 aromatic heterocycles. The highest BCUT2D eigenvalue weighted by Crippen LogP contribution is 2.30. The van der Waals surface area contributed by atoms with Crippen LogP contribution in [0.15, 0.2) is 43.0 Å². The second-order valence-electron chi connectivity index (χ2n) is 5.78. The van der Waals surface area contributed by atoms with Gasteiger partial charge >= 0.3 is 0 Å². The van der Waals surface area contributed by atoms with Crippen LogP contribution >= 0.6 is 24.0 Å². The van der Waals surface area contributed by atoms with Gasteiger partial charge in [-0.05, 0) is 29.7 Å². The Kier molecular flexibility index (Phi) is 6.08. The number of aliphatic hydroxyl groups excluding tert-OH is 1. The van der Waals surface area contributed by atoms with Crippen LogP contribution in [0.5, 0.6) is 5.75 Å². The van der Waals surface area contributed by atoms with Crippen molar-refractivity contribution >= 4 is 24.0 Å². The average molecular weight is 331 g/mol. The monoisotopic (exact) mass is 330 g/mol. The second kappa shape index (κ2) is 7.16. The largest absolute Gasteiger partial charge is 0.467 e. The van der Waals surface area contributed by atoms with E-state index in [-0.39, 0.29) is 17.8 Å². The van der Waals surface area contributed by atoms with Crippen molar-refractivity contribution in [3.8, 4) is 5.75 Å². The van der Waals surface area contributed by atoms with Crippen LogP contribution in [0.3, 0.4) is 0 Å². The van der Waals surface area contributed by atoms with Crippen molar-refractivity contribution in [1.29, 1.82) is 0 Å². The Morgan fingerprint density at radius 2 is 1.86 bits per heavy atom. The van der Waals surface area contributed by atoms with Crippen LogP contribution in [0.2, 0.25) is 5.02 Å². The van der Waals surface area contributed by atoms with Crippen molar-refractivity contribution in [2.45, 2.75) is 33.1 Å². The first-order chi connectivity index (χ1) is 9.38. The lowest BCUT2D eigenvalue weighted by Crippen LogP contribution is -2.38. The van der Waals surface area contributed by atoms with E-state index in [9.17, 15) is 5.11 Å². The molecule has 0 saturated heterocycles. The molecule has 0 saturated carbocycles. The third-order valence-corrected chi connectivity index (χ3v) is 3.30. The Morgan fingerprint density at radius 1 is 1.24 bits per heavy atom. The number of halogens is 2. The molecule has 1 aromatic carbocycles. The Morgan fingerprint density at radius 3 is 2.33 bits per heavy atom. The summed E-state index contributed by atoms with van der Waals surface area (Å²) in [6.07, 6.45) is 3.84. The zero-order valence-electron chi connectivity index (χ0n) is 12.2. The quantitative estimate of drug-likeness (QED) is 0.923. The maximum Gasteiger partial charge on any atom is 0.203 e. The molecule has 0 aliphatic heterocycles. The van der Waals surface area contributed by atoms with Gasteiger partial charge in [-0.15, -0.1) is 12.4 Å². The summed E-state index contributed by atoms with van der Waals surface area (Å²) >= 11 is 5.86. The summed E-state index contributed by atoms with van der Waals surface area (Å²) in [5.41, 5.74) is -0.318. The maximum absolute atomic E-state index is 10.5. The number of aliphatic hydroxyl groups is 1. The molecule has 0 amide bonds. The van der Waals surface area contributed by atoms with E-state index in [2.05, 4.69) is 4.98 Å². The molecule has 2 rings (SSSR count). The summed E-state index contributed by atoms with van der Waals surface area (Å²) in [4.78, 5) is 4.01. The molecule has 21 heavy (non-hydrogen) atoms. The topological polar surface area (TPSA) is 47.3 Å². The highest BCUT2D eigenvalue weighted by Gasteiger charge is 2.33. The van der Waals surface area contributed by atoms with Crippen LogP contribution in [0, 0.1) is 5.41 Å². The molecule has 4 nitrogen and oxygen atoms in total. The number of ether oxygens (including phenoxy) is 1. The first-order valence-corrected chi connectivity index (χ1v) is 6.83. The Labute approximate surface area is 136 Å². The molecule has 1 N–H and O–H groups in total. The fraction of sp³-hybridized carbons (Fsp3) is 0.400. The van der Waals surface area contributed by atoms with Gasteiger partial charge in [0.15, 0.2) is 0 Å². The third kappa shape index (κ3) is 4.63. The van der Waals surface area contributed by atoms with Gasteiger partial charge in [-0.25, -0.2) is 4.98 Å². The molecular weight excluding hydrogens is 311 g/mol. The smallest absolute Gasteiger partial charge is 0.203 e. The molecule has 2 unspecified atom stereocenters. The summed E-state index contributed by atoms with van der Waals surface area (Å²) in [6.45, 7) is 5.90. The van der Waals surface area contributed by atoms with E-state index in [1.165, 1.54) is 0 Å². The molecule has 116 valence electrons. The first kappa shape index (κ1) is 17.8. The number of hydrogen-bond acceptors (Lipinski definition) is 3. The lowest BCUT2D eigenvalue weighted by atomic mass is 9.88. The predicted molar refractivity (Wildman–Crippen MR) is 86.1 cm³/mol. The molecular formula is C15H20Cl2N2O2. The van der Waals surface area contributed by atoms with E-state index in [0.717, 1.165) is 0 Å². The van der Waals surface area contributed by atoms with Gasteiger partial charge in [0, 0.05) is 17.4 Å². The number of aromatic nitrogens is 2. The van der Waals surface area contributed by atoms with Crippen molar-refractivity contribution in [3.63, 3.8) is 0 Å². The van der Waals surface area contributed by atoms with E-state index in [0.29, 0.717) is 10.8 Å². The summed E-state index contributed by atoms with van der Waals surface area (Å²) in [6, 6.07) is 7.07. The average Bonchev–Trinajstić information content (AvgIpc) is 2.90. The summed E-state index contributed by atoms with van der Waals surface area (Å²) < 4.78 is 7.67. The lowest BCUT2D eigenvalue weighted by Gasteiger charge is -2.33. The zero-order valence-corrected chi connectivity index (χ0v) is 13.8. The Bertz CT molecular complexity index is 536. The number of hydrogen-bond donors (Lipinski definition) is 1. The number of nitrogens with zero attached hydrogens (tertiary/aromatic N) is 2. The van der Waals surface area contributed by atoms with E-state index in [1.54, 1.807) is 47.6 Å². The molecule has 0 radical (unpaired) electrons.